The number of nitrogens with zero attached hydrogens (tertiary/aromatic N) is 2. The van der Waals surface area contributed by atoms with Crippen molar-refractivity contribution < 1.29 is 9.59 Å². The number of hydrogen-bond donors (Lipinski definition) is 1. The Balaban J connectivity index is 1.50. The molecule has 2 aromatic rings. The molecular weight excluding hydrogens is 354 g/mol. The lowest BCUT2D eigenvalue weighted by molar-refractivity contribution is 0.0731. The van der Waals surface area contributed by atoms with E-state index in [4.69, 9.17) is 0 Å². The first-order chi connectivity index (χ1) is 12.2. The highest BCUT2D eigenvalue weighted by Crippen LogP contribution is 2.37. The maximum atomic E-state index is 12.7. The van der Waals surface area contributed by atoms with E-state index >= 15 is 0 Å². The fourth-order valence-electron chi connectivity index (χ4n) is 3.49. The smallest absolute Gasteiger partial charge is 0.270 e. The normalized spacial score (nSPS) is 20.9. The van der Waals surface area contributed by atoms with Gasteiger partial charge >= 0.3 is 0 Å². The van der Waals surface area contributed by atoms with Gasteiger partial charge in [0.25, 0.3) is 11.8 Å². The van der Waals surface area contributed by atoms with E-state index in [2.05, 4.69) is 4.98 Å². The largest absolute Gasteiger partial charge is 0.357 e. The van der Waals surface area contributed by atoms with Gasteiger partial charge in [0.05, 0.1) is 10.9 Å². The Kier molecular flexibility index (Phi) is 4.85. The predicted octanol–water partition coefficient (Wildman–Crippen LogP) is 3.24. The summed E-state index contributed by atoms with van der Waals surface area (Å²) in [5.41, 5.74) is 0.630. The maximum Gasteiger partial charge on any atom is 0.270 e. The number of nitrogens with one attached hydrogen (secondary N) is 1. The summed E-state index contributed by atoms with van der Waals surface area (Å²) in [7, 11) is 0. The van der Waals surface area contributed by atoms with Crippen molar-refractivity contribution >= 4 is 34.9 Å². The second-order valence-electron chi connectivity index (χ2n) is 6.35. The first kappa shape index (κ1) is 16.7. The molecule has 2 amide bonds. The van der Waals surface area contributed by atoms with Gasteiger partial charge in [-0.2, -0.15) is 11.8 Å². The van der Waals surface area contributed by atoms with Gasteiger partial charge in [-0.05, 0) is 37.1 Å². The molecule has 132 valence electrons. The molecule has 0 spiro atoms. The van der Waals surface area contributed by atoms with Crippen LogP contribution >= 0.6 is 23.1 Å². The van der Waals surface area contributed by atoms with Crippen LogP contribution in [0.2, 0.25) is 0 Å². The van der Waals surface area contributed by atoms with Crippen LogP contribution in [-0.2, 0) is 0 Å². The zero-order valence-corrected chi connectivity index (χ0v) is 15.6. The molecule has 0 unspecified atom stereocenters. The monoisotopic (exact) mass is 375 g/mol. The van der Waals surface area contributed by atoms with Crippen molar-refractivity contribution in [3.8, 4) is 0 Å². The minimum atomic E-state index is 0.0434. The quantitative estimate of drug-likeness (QED) is 0.896. The number of thiophene rings is 1. The first-order valence-corrected chi connectivity index (χ1v) is 10.6. The van der Waals surface area contributed by atoms with Crippen molar-refractivity contribution in [2.24, 2.45) is 0 Å². The molecule has 0 bridgehead atoms. The summed E-state index contributed by atoms with van der Waals surface area (Å²) in [5.74, 6) is 2.22. The van der Waals surface area contributed by atoms with Gasteiger partial charge in [-0.25, -0.2) is 0 Å². The van der Waals surface area contributed by atoms with E-state index in [1.54, 1.807) is 17.5 Å². The zero-order valence-electron chi connectivity index (χ0n) is 13.9. The molecule has 0 radical (unpaired) electrons. The number of carbonyl (C=O) groups excluding carboxylic acids is 2. The van der Waals surface area contributed by atoms with E-state index in [9.17, 15) is 9.59 Å². The van der Waals surface area contributed by atoms with E-state index in [0.717, 1.165) is 53.7 Å². The molecule has 2 aliphatic heterocycles. The fourth-order valence-corrected chi connectivity index (χ4v) is 5.52. The number of likely N-dealkylation sites (tertiary alicyclic amines) is 1. The summed E-state index contributed by atoms with van der Waals surface area (Å²) in [6.07, 6.45) is 3.74. The third-order valence-electron chi connectivity index (χ3n) is 4.81. The second kappa shape index (κ2) is 7.25. The van der Waals surface area contributed by atoms with Gasteiger partial charge in [-0.1, -0.05) is 0 Å². The van der Waals surface area contributed by atoms with Gasteiger partial charge in [0.15, 0.2) is 0 Å². The Hall–Kier alpha value is -1.73. The van der Waals surface area contributed by atoms with E-state index in [0.29, 0.717) is 5.69 Å². The third-order valence-corrected chi connectivity index (χ3v) is 6.92. The molecule has 25 heavy (non-hydrogen) atoms. The van der Waals surface area contributed by atoms with Crippen molar-refractivity contribution in [1.29, 1.82) is 0 Å². The molecule has 1 atom stereocenters. The molecule has 2 aromatic heterocycles. The summed E-state index contributed by atoms with van der Waals surface area (Å²) in [6.45, 7) is 2.43. The lowest BCUT2D eigenvalue weighted by Gasteiger charge is -2.26. The number of amides is 2. The van der Waals surface area contributed by atoms with Crippen LogP contribution in [0.5, 0.6) is 0 Å². The topological polar surface area (TPSA) is 56.4 Å². The van der Waals surface area contributed by atoms with Crippen LogP contribution in [0.15, 0.2) is 30.5 Å². The highest BCUT2D eigenvalue weighted by molar-refractivity contribution is 7.99. The number of H-pyrrole nitrogens is 1. The minimum Gasteiger partial charge on any atom is -0.357 e. The molecule has 4 rings (SSSR count). The van der Waals surface area contributed by atoms with Gasteiger partial charge < -0.3 is 14.8 Å². The summed E-state index contributed by atoms with van der Waals surface area (Å²) < 4.78 is 0. The molecule has 1 N–H and O–H groups in total. The first-order valence-electron chi connectivity index (χ1n) is 8.65. The van der Waals surface area contributed by atoms with E-state index in [1.807, 2.05) is 45.8 Å². The van der Waals surface area contributed by atoms with Gasteiger partial charge in [0.2, 0.25) is 0 Å². The highest BCUT2D eigenvalue weighted by atomic mass is 32.2. The van der Waals surface area contributed by atoms with E-state index in [-0.39, 0.29) is 17.9 Å². The van der Waals surface area contributed by atoms with Crippen molar-refractivity contribution in [2.75, 3.05) is 31.1 Å². The Labute approximate surface area is 155 Å². The van der Waals surface area contributed by atoms with Crippen LogP contribution in [0.1, 0.15) is 43.9 Å². The number of carbonyl (C=O) groups is 2. The van der Waals surface area contributed by atoms with Crippen molar-refractivity contribution in [3.63, 3.8) is 0 Å². The average molecular weight is 376 g/mol. The van der Waals surface area contributed by atoms with Gasteiger partial charge in [-0.3, -0.25) is 9.59 Å². The van der Waals surface area contributed by atoms with Crippen LogP contribution < -0.4 is 0 Å². The summed E-state index contributed by atoms with van der Waals surface area (Å²) in [4.78, 5) is 34.2. The Morgan fingerprint density at radius 2 is 1.92 bits per heavy atom. The predicted molar refractivity (Wildman–Crippen MR) is 101 cm³/mol. The molecule has 7 heteroatoms. The van der Waals surface area contributed by atoms with Crippen molar-refractivity contribution in [3.05, 3.63) is 45.9 Å². The van der Waals surface area contributed by atoms with E-state index < -0.39 is 0 Å². The molecule has 0 saturated carbocycles. The van der Waals surface area contributed by atoms with Crippen LogP contribution in [0, 0.1) is 0 Å². The van der Waals surface area contributed by atoms with Crippen LogP contribution in [-0.4, -0.2) is 57.7 Å². The molecular formula is C18H21N3O2S2. The Bertz CT molecular complexity index is 750. The summed E-state index contributed by atoms with van der Waals surface area (Å²) >= 11 is 3.45. The minimum absolute atomic E-state index is 0.0434. The molecule has 0 aromatic carbocycles. The number of thioether (sulfide) groups is 1. The number of hydrogen-bond acceptors (Lipinski definition) is 4. The van der Waals surface area contributed by atoms with Crippen molar-refractivity contribution in [2.45, 2.75) is 18.9 Å². The number of rotatable bonds is 3. The SMILES string of the molecule is O=C(c1ccc([C@@H]2CCCN2C(=O)c2ccc[nH]2)s1)N1CCSCC1. The Morgan fingerprint density at radius 1 is 1.08 bits per heavy atom. The summed E-state index contributed by atoms with van der Waals surface area (Å²) in [5, 5.41) is 0. The molecule has 2 aliphatic rings. The molecule has 5 nitrogen and oxygen atoms in total. The second-order valence-corrected chi connectivity index (χ2v) is 8.69. The van der Waals surface area contributed by atoms with Crippen LogP contribution in [0.4, 0.5) is 0 Å². The molecule has 2 fully saturated rings. The van der Waals surface area contributed by atoms with Gasteiger partial charge in [0, 0.05) is 42.2 Å². The van der Waals surface area contributed by atoms with Crippen LogP contribution in [0.25, 0.3) is 0 Å². The van der Waals surface area contributed by atoms with Gasteiger partial charge in [0.1, 0.15) is 5.69 Å². The summed E-state index contributed by atoms with van der Waals surface area (Å²) in [6, 6.07) is 7.70. The standard InChI is InChI=1S/C18H21N3O2S2/c22-17(13-3-1-7-19-13)21-8-2-4-14(21)15-5-6-16(25-15)18(23)20-9-11-24-12-10-20/h1,3,5-7,14,19H,2,4,8-12H2/t14-/m0/s1. The van der Waals surface area contributed by atoms with Crippen molar-refractivity contribution in [1.82, 2.24) is 14.8 Å². The Morgan fingerprint density at radius 3 is 2.68 bits per heavy atom. The third kappa shape index (κ3) is 3.35. The van der Waals surface area contributed by atoms with Crippen LogP contribution in [0.3, 0.4) is 0 Å². The maximum absolute atomic E-state index is 12.7. The molecule has 2 saturated heterocycles. The fraction of sp³-hybridized carbons (Fsp3) is 0.444. The lowest BCUT2D eigenvalue weighted by Crippen LogP contribution is -2.37. The lowest BCUT2D eigenvalue weighted by atomic mass is 10.2. The molecule has 0 aliphatic carbocycles. The zero-order chi connectivity index (χ0) is 17.2. The highest BCUT2D eigenvalue weighted by Gasteiger charge is 2.32. The number of aromatic nitrogens is 1. The van der Waals surface area contributed by atoms with Gasteiger partial charge in [-0.15, -0.1) is 11.3 Å². The number of aromatic amines is 1. The average Bonchev–Trinajstić information content (AvgIpc) is 3.42. The molecule has 4 heterocycles. The van der Waals surface area contributed by atoms with E-state index in [1.165, 1.54) is 0 Å².